The van der Waals surface area contributed by atoms with E-state index in [1.807, 2.05) is 0 Å². The Bertz CT molecular complexity index is 299. The molecule has 0 amide bonds. The predicted molar refractivity (Wildman–Crippen MR) is 50.3 cm³/mol. The maximum absolute atomic E-state index is 10.5. The van der Waals surface area contributed by atoms with Crippen molar-refractivity contribution in [3.63, 3.8) is 0 Å². The molecule has 0 saturated heterocycles. The molecule has 0 aromatic carbocycles. The molecule has 0 unspecified atom stereocenters. The van der Waals surface area contributed by atoms with E-state index in [4.69, 9.17) is 5.11 Å². The molecule has 1 fully saturated rings. The first-order valence-corrected chi connectivity index (χ1v) is 4.84. The zero-order valence-electron chi connectivity index (χ0n) is 7.79. The first kappa shape index (κ1) is 8.54. The minimum Gasteiger partial charge on any atom is -0.478 e. The second kappa shape index (κ2) is 3.02. The third-order valence-electron chi connectivity index (χ3n) is 3.17. The van der Waals surface area contributed by atoms with E-state index in [-0.39, 0.29) is 0 Å². The standard InChI is InChI=1S/C11H14O2/c1-2-7-3-4-8-5-9(11(7)8)6-10(12)13/h3,6,8,11H,2,4-5H2,1H3,(H,12,13)/t8-,11+/m1/s1. The zero-order chi connectivity index (χ0) is 9.42. The van der Waals surface area contributed by atoms with Gasteiger partial charge in [-0.25, -0.2) is 4.79 Å². The lowest BCUT2D eigenvalue weighted by molar-refractivity contribution is -0.131. The minimum atomic E-state index is -0.796. The number of allylic oxidation sites excluding steroid dienone is 3. The van der Waals surface area contributed by atoms with Crippen molar-refractivity contribution in [2.45, 2.75) is 26.2 Å². The van der Waals surface area contributed by atoms with Crippen LogP contribution in [0.1, 0.15) is 26.2 Å². The Labute approximate surface area is 78.0 Å². The quantitative estimate of drug-likeness (QED) is 0.520. The van der Waals surface area contributed by atoms with Crippen LogP contribution < -0.4 is 0 Å². The van der Waals surface area contributed by atoms with Crippen molar-refractivity contribution in [3.8, 4) is 0 Å². The van der Waals surface area contributed by atoms with Gasteiger partial charge in [0, 0.05) is 12.0 Å². The van der Waals surface area contributed by atoms with E-state index in [1.54, 1.807) is 0 Å². The molecule has 2 heteroatoms. The van der Waals surface area contributed by atoms with Gasteiger partial charge in [0.1, 0.15) is 0 Å². The van der Waals surface area contributed by atoms with Gasteiger partial charge < -0.3 is 5.11 Å². The molecule has 2 rings (SSSR count). The second-order valence-corrected chi connectivity index (χ2v) is 3.87. The molecule has 1 N–H and O–H groups in total. The van der Waals surface area contributed by atoms with E-state index in [0.29, 0.717) is 5.92 Å². The van der Waals surface area contributed by atoms with Gasteiger partial charge in [0.15, 0.2) is 0 Å². The molecule has 0 aliphatic heterocycles. The van der Waals surface area contributed by atoms with Gasteiger partial charge in [0.2, 0.25) is 0 Å². The Morgan fingerprint density at radius 3 is 3.15 bits per heavy atom. The van der Waals surface area contributed by atoms with Crippen molar-refractivity contribution in [3.05, 3.63) is 23.3 Å². The molecule has 0 bridgehead atoms. The van der Waals surface area contributed by atoms with Gasteiger partial charge in [0.25, 0.3) is 0 Å². The summed E-state index contributed by atoms with van der Waals surface area (Å²) in [5.41, 5.74) is 2.58. The van der Waals surface area contributed by atoms with Gasteiger partial charge in [-0.1, -0.05) is 24.1 Å². The summed E-state index contributed by atoms with van der Waals surface area (Å²) in [4.78, 5) is 10.5. The Morgan fingerprint density at radius 1 is 1.77 bits per heavy atom. The average Bonchev–Trinajstić information content (AvgIpc) is 2.37. The first-order valence-electron chi connectivity index (χ1n) is 4.84. The highest BCUT2D eigenvalue weighted by Crippen LogP contribution is 2.51. The van der Waals surface area contributed by atoms with Crippen molar-refractivity contribution in [2.24, 2.45) is 11.8 Å². The van der Waals surface area contributed by atoms with Gasteiger partial charge in [-0.2, -0.15) is 0 Å². The van der Waals surface area contributed by atoms with Crippen LogP contribution in [0.4, 0.5) is 0 Å². The predicted octanol–water partition coefficient (Wildman–Crippen LogP) is 2.37. The lowest BCUT2D eigenvalue weighted by Crippen LogP contribution is -2.27. The van der Waals surface area contributed by atoms with E-state index in [0.717, 1.165) is 30.8 Å². The van der Waals surface area contributed by atoms with Crippen molar-refractivity contribution in [1.82, 2.24) is 0 Å². The molecule has 0 spiro atoms. The molecule has 2 aliphatic rings. The fourth-order valence-electron chi connectivity index (χ4n) is 2.55. The molecule has 0 aromatic heterocycles. The van der Waals surface area contributed by atoms with Crippen LogP contribution in [0, 0.1) is 11.8 Å². The second-order valence-electron chi connectivity index (χ2n) is 3.87. The van der Waals surface area contributed by atoms with Crippen molar-refractivity contribution >= 4 is 5.97 Å². The van der Waals surface area contributed by atoms with Gasteiger partial charge in [-0.3, -0.25) is 0 Å². The third-order valence-corrected chi connectivity index (χ3v) is 3.17. The SMILES string of the molecule is CCC1=CC[C@@H]2CC(=CC(=O)O)[C@@H]12. The van der Waals surface area contributed by atoms with Crippen LogP contribution >= 0.6 is 0 Å². The average molecular weight is 178 g/mol. The number of carbonyl (C=O) groups is 1. The Hall–Kier alpha value is -1.05. The summed E-state index contributed by atoms with van der Waals surface area (Å²) in [6, 6.07) is 0. The van der Waals surface area contributed by atoms with E-state index >= 15 is 0 Å². The fourth-order valence-corrected chi connectivity index (χ4v) is 2.55. The van der Waals surface area contributed by atoms with Crippen LogP contribution in [0.15, 0.2) is 23.3 Å². The van der Waals surface area contributed by atoms with E-state index < -0.39 is 5.97 Å². The Balaban J connectivity index is 2.14. The monoisotopic (exact) mass is 178 g/mol. The van der Waals surface area contributed by atoms with Gasteiger partial charge >= 0.3 is 5.97 Å². The molecule has 0 radical (unpaired) electrons. The van der Waals surface area contributed by atoms with Crippen LogP contribution in [0.2, 0.25) is 0 Å². The van der Waals surface area contributed by atoms with Gasteiger partial charge in [-0.15, -0.1) is 0 Å². The Morgan fingerprint density at radius 2 is 2.54 bits per heavy atom. The number of carboxylic acids is 1. The van der Waals surface area contributed by atoms with Crippen LogP contribution in [0.3, 0.4) is 0 Å². The number of hydrogen-bond acceptors (Lipinski definition) is 1. The lowest BCUT2D eigenvalue weighted by atomic mass is 9.68. The van der Waals surface area contributed by atoms with Crippen molar-refractivity contribution in [2.75, 3.05) is 0 Å². The topological polar surface area (TPSA) is 37.3 Å². The smallest absolute Gasteiger partial charge is 0.328 e. The van der Waals surface area contributed by atoms with Crippen LogP contribution in [0.25, 0.3) is 0 Å². The molecule has 1 saturated carbocycles. The summed E-state index contributed by atoms with van der Waals surface area (Å²) in [6.45, 7) is 2.14. The normalized spacial score (nSPS) is 33.9. The van der Waals surface area contributed by atoms with E-state index in [9.17, 15) is 4.79 Å². The first-order chi connectivity index (χ1) is 6.22. The van der Waals surface area contributed by atoms with E-state index in [1.165, 1.54) is 11.6 Å². The third kappa shape index (κ3) is 1.30. The number of aliphatic carboxylic acids is 1. The molecule has 13 heavy (non-hydrogen) atoms. The molecular formula is C11H14O2. The molecule has 70 valence electrons. The molecule has 0 heterocycles. The van der Waals surface area contributed by atoms with Crippen LogP contribution in [-0.2, 0) is 4.79 Å². The van der Waals surface area contributed by atoms with Gasteiger partial charge in [0.05, 0.1) is 0 Å². The number of carboxylic acid groups (broad SMARTS) is 1. The summed E-state index contributed by atoms with van der Waals surface area (Å²) < 4.78 is 0. The molecule has 2 aliphatic carbocycles. The fraction of sp³-hybridized carbons (Fsp3) is 0.545. The molecule has 0 aromatic rings. The molecule has 2 nitrogen and oxygen atoms in total. The number of hydrogen-bond donors (Lipinski definition) is 1. The summed E-state index contributed by atoms with van der Waals surface area (Å²) in [6.07, 6.45) is 6.91. The minimum absolute atomic E-state index is 0.487. The summed E-state index contributed by atoms with van der Waals surface area (Å²) >= 11 is 0. The van der Waals surface area contributed by atoms with Crippen LogP contribution in [-0.4, -0.2) is 11.1 Å². The highest BCUT2D eigenvalue weighted by atomic mass is 16.4. The summed E-state index contributed by atoms with van der Waals surface area (Å²) in [5, 5.41) is 8.63. The zero-order valence-corrected chi connectivity index (χ0v) is 7.79. The lowest BCUT2D eigenvalue weighted by Gasteiger charge is -2.36. The highest BCUT2D eigenvalue weighted by Gasteiger charge is 2.40. The largest absolute Gasteiger partial charge is 0.478 e. The maximum atomic E-state index is 10.5. The Kier molecular flexibility index (Phi) is 1.98. The molecule has 2 atom stereocenters. The maximum Gasteiger partial charge on any atom is 0.328 e. The van der Waals surface area contributed by atoms with Crippen LogP contribution in [0.5, 0.6) is 0 Å². The number of rotatable bonds is 2. The number of fused-ring (bicyclic) bond motifs is 1. The van der Waals surface area contributed by atoms with Gasteiger partial charge in [-0.05, 0) is 25.2 Å². The van der Waals surface area contributed by atoms with Crippen molar-refractivity contribution in [1.29, 1.82) is 0 Å². The van der Waals surface area contributed by atoms with E-state index in [2.05, 4.69) is 13.0 Å². The van der Waals surface area contributed by atoms with Crippen molar-refractivity contribution < 1.29 is 9.90 Å². The summed E-state index contributed by atoms with van der Waals surface area (Å²) in [7, 11) is 0. The summed E-state index contributed by atoms with van der Waals surface area (Å²) in [5.74, 6) is 0.414. The highest BCUT2D eigenvalue weighted by molar-refractivity contribution is 5.81. The molecular weight excluding hydrogens is 164 g/mol.